The zero-order valence-electron chi connectivity index (χ0n) is 16.4. The molecule has 1 amide bonds. The second kappa shape index (κ2) is 8.95. The van der Waals surface area contributed by atoms with Crippen molar-refractivity contribution in [3.8, 4) is 11.5 Å². The highest BCUT2D eigenvalue weighted by molar-refractivity contribution is 5.93. The number of hydrogen-bond donors (Lipinski definition) is 1. The molecule has 6 heteroatoms. The van der Waals surface area contributed by atoms with E-state index in [9.17, 15) is 4.79 Å². The van der Waals surface area contributed by atoms with Crippen molar-refractivity contribution in [3.05, 3.63) is 47.8 Å². The van der Waals surface area contributed by atoms with Crippen LogP contribution < -0.4 is 14.8 Å². The summed E-state index contributed by atoms with van der Waals surface area (Å²) in [6.07, 6.45) is 7.54. The second-order valence-corrected chi connectivity index (χ2v) is 6.88. The SMILES string of the molecule is CCN1C=CCC(C(=O)NCN(CC)C(C)Cc2ccc3c(c2)OCO3)=C1. The molecule has 146 valence electrons. The summed E-state index contributed by atoms with van der Waals surface area (Å²) >= 11 is 0. The molecule has 0 radical (unpaired) electrons. The van der Waals surface area contributed by atoms with E-state index in [2.05, 4.69) is 37.1 Å². The van der Waals surface area contributed by atoms with Crippen molar-refractivity contribution in [2.75, 3.05) is 26.6 Å². The third-order valence-corrected chi connectivity index (χ3v) is 5.05. The van der Waals surface area contributed by atoms with Gasteiger partial charge in [-0.05, 0) is 57.1 Å². The predicted molar refractivity (Wildman–Crippen MR) is 105 cm³/mol. The average molecular weight is 371 g/mol. The number of carbonyl (C=O) groups excluding carboxylic acids is 1. The van der Waals surface area contributed by atoms with E-state index in [1.54, 1.807) is 0 Å². The van der Waals surface area contributed by atoms with Crippen molar-refractivity contribution in [2.24, 2.45) is 0 Å². The summed E-state index contributed by atoms with van der Waals surface area (Å²) in [6.45, 7) is 8.92. The molecule has 6 nitrogen and oxygen atoms in total. The standard InChI is InChI=1S/C21H29N3O3/c1-4-23-10-6-7-18(13-23)21(25)22-14-24(5-2)16(3)11-17-8-9-19-20(12-17)27-15-26-19/h6,8-10,12-13,16H,4-5,7,11,14-15H2,1-3H3,(H,22,25). The van der Waals surface area contributed by atoms with Gasteiger partial charge in [0.15, 0.2) is 11.5 Å². The number of likely N-dealkylation sites (N-methyl/N-ethyl adjacent to an activating group) is 1. The number of rotatable bonds is 8. The van der Waals surface area contributed by atoms with Gasteiger partial charge in [0.1, 0.15) is 0 Å². The predicted octanol–water partition coefficient (Wildman–Crippen LogP) is 2.87. The summed E-state index contributed by atoms with van der Waals surface area (Å²) < 4.78 is 10.8. The highest BCUT2D eigenvalue weighted by Crippen LogP contribution is 2.32. The van der Waals surface area contributed by atoms with Gasteiger partial charge in [-0.1, -0.05) is 19.1 Å². The Bertz CT molecular complexity index is 729. The van der Waals surface area contributed by atoms with Crippen molar-refractivity contribution in [1.82, 2.24) is 15.1 Å². The van der Waals surface area contributed by atoms with E-state index in [4.69, 9.17) is 9.47 Å². The number of carbonyl (C=O) groups is 1. The highest BCUT2D eigenvalue weighted by atomic mass is 16.7. The number of nitrogens with zero attached hydrogens (tertiary/aromatic N) is 2. The van der Waals surface area contributed by atoms with E-state index >= 15 is 0 Å². The van der Waals surface area contributed by atoms with Crippen LogP contribution in [0.2, 0.25) is 0 Å². The minimum atomic E-state index is 0.00605. The fourth-order valence-electron chi connectivity index (χ4n) is 3.36. The Balaban J connectivity index is 1.53. The Morgan fingerprint density at radius 2 is 2.11 bits per heavy atom. The van der Waals surface area contributed by atoms with Crippen LogP contribution in [0.1, 0.15) is 32.8 Å². The lowest BCUT2D eigenvalue weighted by Gasteiger charge is -2.28. The molecule has 27 heavy (non-hydrogen) atoms. The lowest BCUT2D eigenvalue weighted by molar-refractivity contribution is -0.118. The Morgan fingerprint density at radius 1 is 1.30 bits per heavy atom. The maximum atomic E-state index is 12.5. The molecule has 0 aliphatic carbocycles. The molecule has 2 heterocycles. The van der Waals surface area contributed by atoms with E-state index < -0.39 is 0 Å². The van der Waals surface area contributed by atoms with Gasteiger partial charge in [0.2, 0.25) is 12.7 Å². The first-order valence-corrected chi connectivity index (χ1v) is 9.64. The van der Waals surface area contributed by atoms with E-state index in [0.29, 0.717) is 25.9 Å². The molecule has 0 saturated heterocycles. The molecule has 1 atom stereocenters. The number of amides is 1. The third kappa shape index (κ3) is 4.83. The summed E-state index contributed by atoms with van der Waals surface area (Å²) in [5, 5.41) is 3.07. The summed E-state index contributed by atoms with van der Waals surface area (Å²) in [4.78, 5) is 16.8. The molecule has 2 aliphatic rings. The lowest BCUT2D eigenvalue weighted by atomic mass is 10.1. The first-order valence-electron chi connectivity index (χ1n) is 9.64. The van der Waals surface area contributed by atoms with Crippen molar-refractivity contribution in [1.29, 1.82) is 0 Å². The molecule has 0 spiro atoms. The summed E-state index contributed by atoms with van der Waals surface area (Å²) in [5.41, 5.74) is 2.01. The fourth-order valence-corrected chi connectivity index (χ4v) is 3.36. The number of fused-ring (bicyclic) bond motifs is 1. The minimum absolute atomic E-state index is 0.00605. The topological polar surface area (TPSA) is 54.0 Å². The van der Waals surface area contributed by atoms with Gasteiger partial charge in [-0.3, -0.25) is 9.69 Å². The van der Waals surface area contributed by atoms with Crippen molar-refractivity contribution >= 4 is 5.91 Å². The molecule has 1 unspecified atom stereocenters. The van der Waals surface area contributed by atoms with Gasteiger partial charge in [0, 0.05) is 24.4 Å². The fraction of sp³-hybridized carbons (Fsp3) is 0.476. The molecular formula is C21H29N3O3. The summed E-state index contributed by atoms with van der Waals surface area (Å²) in [5.74, 6) is 1.63. The van der Waals surface area contributed by atoms with Gasteiger partial charge in [-0.2, -0.15) is 0 Å². The van der Waals surface area contributed by atoms with Crippen LogP contribution in [0, 0.1) is 0 Å². The number of ether oxygens (including phenoxy) is 2. The van der Waals surface area contributed by atoms with Crippen LogP contribution in [0.3, 0.4) is 0 Å². The van der Waals surface area contributed by atoms with Crippen LogP contribution in [0.4, 0.5) is 0 Å². The van der Waals surface area contributed by atoms with Crippen LogP contribution >= 0.6 is 0 Å². The van der Waals surface area contributed by atoms with Crippen molar-refractivity contribution in [3.63, 3.8) is 0 Å². The summed E-state index contributed by atoms with van der Waals surface area (Å²) in [7, 11) is 0. The molecule has 3 rings (SSSR count). The molecular weight excluding hydrogens is 342 g/mol. The largest absolute Gasteiger partial charge is 0.454 e. The Kier molecular flexibility index (Phi) is 6.40. The second-order valence-electron chi connectivity index (χ2n) is 6.88. The van der Waals surface area contributed by atoms with Crippen LogP contribution in [-0.4, -0.2) is 48.3 Å². The molecule has 0 saturated carbocycles. The third-order valence-electron chi connectivity index (χ3n) is 5.05. The van der Waals surface area contributed by atoms with Gasteiger partial charge >= 0.3 is 0 Å². The molecule has 1 aromatic rings. The number of hydrogen-bond acceptors (Lipinski definition) is 5. The van der Waals surface area contributed by atoms with Gasteiger partial charge in [0.25, 0.3) is 0 Å². The molecule has 1 N–H and O–H groups in total. The first kappa shape index (κ1) is 19.3. The number of benzene rings is 1. The average Bonchev–Trinajstić information content (AvgIpc) is 3.16. The monoisotopic (exact) mass is 371 g/mol. The summed E-state index contributed by atoms with van der Waals surface area (Å²) in [6, 6.07) is 6.38. The first-order chi connectivity index (χ1) is 13.1. The Morgan fingerprint density at radius 3 is 2.89 bits per heavy atom. The zero-order chi connectivity index (χ0) is 19.2. The van der Waals surface area contributed by atoms with E-state index in [1.807, 2.05) is 35.5 Å². The molecule has 1 aromatic carbocycles. The van der Waals surface area contributed by atoms with Crippen molar-refractivity contribution in [2.45, 2.75) is 39.7 Å². The number of allylic oxidation sites excluding steroid dienone is 1. The smallest absolute Gasteiger partial charge is 0.249 e. The van der Waals surface area contributed by atoms with E-state index in [1.165, 1.54) is 5.56 Å². The van der Waals surface area contributed by atoms with Crippen molar-refractivity contribution < 1.29 is 14.3 Å². The van der Waals surface area contributed by atoms with Crippen LogP contribution in [-0.2, 0) is 11.2 Å². The maximum absolute atomic E-state index is 12.5. The van der Waals surface area contributed by atoms with Gasteiger partial charge in [-0.25, -0.2) is 0 Å². The van der Waals surface area contributed by atoms with E-state index in [-0.39, 0.29) is 5.91 Å². The molecule has 2 aliphatic heterocycles. The molecule has 0 fully saturated rings. The van der Waals surface area contributed by atoms with Crippen LogP contribution in [0.15, 0.2) is 42.2 Å². The van der Waals surface area contributed by atoms with E-state index in [0.717, 1.165) is 36.6 Å². The van der Waals surface area contributed by atoms with Crippen LogP contribution in [0.25, 0.3) is 0 Å². The zero-order valence-corrected chi connectivity index (χ0v) is 16.4. The minimum Gasteiger partial charge on any atom is -0.454 e. The maximum Gasteiger partial charge on any atom is 0.249 e. The number of nitrogens with one attached hydrogen (secondary N) is 1. The molecule has 0 aromatic heterocycles. The van der Waals surface area contributed by atoms with Gasteiger partial charge < -0.3 is 19.7 Å². The lowest BCUT2D eigenvalue weighted by Crippen LogP contribution is -2.43. The normalized spacial score (nSPS) is 16.4. The van der Waals surface area contributed by atoms with Gasteiger partial charge in [0.05, 0.1) is 6.67 Å². The van der Waals surface area contributed by atoms with Gasteiger partial charge in [-0.15, -0.1) is 0 Å². The quantitative estimate of drug-likeness (QED) is 0.712. The highest BCUT2D eigenvalue weighted by Gasteiger charge is 2.18. The van der Waals surface area contributed by atoms with Crippen LogP contribution in [0.5, 0.6) is 11.5 Å². The Labute approximate surface area is 161 Å². The Hall–Kier alpha value is -2.47. The molecule has 0 bridgehead atoms.